The highest BCUT2D eigenvalue weighted by molar-refractivity contribution is 5.98. The fourth-order valence-corrected chi connectivity index (χ4v) is 5.05. The first-order valence-corrected chi connectivity index (χ1v) is 12.8. The van der Waals surface area contributed by atoms with Gasteiger partial charge in [0.1, 0.15) is 0 Å². The Bertz CT molecular complexity index is 1190. The number of fused-ring (bicyclic) bond motifs is 1. The molecule has 7 nitrogen and oxygen atoms in total. The molecule has 7 heteroatoms. The molecule has 36 heavy (non-hydrogen) atoms. The molecule has 0 bridgehead atoms. The molecular weight excluding hydrogens is 452 g/mol. The second-order valence-electron chi connectivity index (χ2n) is 9.59. The molecule has 5 rings (SSSR count). The summed E-state index contributed by atoms with van der Waals surface area (Å²) in [6.07, 6.45) is 0.900. The van der Waals surface area contributed by atoms with E-state index in [1.54, 1.807) is 0 Å². The van der Waals surface area contributed by atoms with E-state index in [-0.39, 0.29) is 18.0 Å². The maximum atomic E-state index is 13.2. The normalized spacial score (nSPS) is 19.2. The monoisotopic (exact) mass is 486 g/mol. The predicted octanol–water partition coefficient (Wildman–Crippen LogP) is 3.60. The summed E-state index contributed by atoms with van der Waals surface area (Å²) < 4.78 is 6.01. The van der Waals surface area contributed by atoms with Crippen molar-refractivity contribution in [3.05, 3.63) is 83.9 Å². The number of carbonyl (C=O) groups excluding carboxylic acids is 2. The molecular formula is C29H34N4O3. The fraction of sp³-hybridized carbons (Fsp3) is 0.379. The molecule has 2 heterocycles. The van der Waals surface area contributed by atoms with Gasteiger partial charge in [-0.15, -0.1) is 0 Å². The van der Waals surface area contributed by atoms with E-state index >= 15 is 0 Å². The molecule has 188 valence electrons. The Morgan fingerprint density at radius 1 is 0.833 bits per heavy atom. The summed E-state index contributed by atoms with van der Waals surface area (Å²) in [5, 5.41) is 5.26. The summed E-state index contributed by atoms with van der Waals surface area (Å²) in [6, 6.07) is 24.0. The second kappa shape index (κ2) is 11.5. The van der Waals surface area contributed by atoms with E-state index in [0.717, 1.165) is 54.5 Å². The molecule has 2 aliphatic heterocycles. The van der Waals surface area contributed by atoms with Crippen molar-refractivity contribution < 1.29 is 14.3 Å². The highest BCUT2D eigenvalue weighted by atomic mass is 16.5. The molecule has 2 fully saturated rings. The lowest BCUT2D eigenvalue weighted by atomic mass is 10.1. The summed E-state index contributed by atoms with van der Waals surface area (Å²) >= 11 is 0. The highest BCUT2D eigenvalue weighted by Crippen LogP contribution is 2.18. The minimum atomic E-state index is -0.0461. The average molecular weight is 487 g/mol. The molecule has 0 radical (unpaired) electrons. The van der Waals surface area contributed by atoms with Gasteiger partial charge in [0.15, 0.2) is 0 Å². The largest absolute Gasteiger partial charge is 0.373 e. The Morgan fingerprint density at radius 2 is 1.64 bits per heavy atom. The average Bonchev–Trinajstić information content (AvgIpc) is 3.17. The van der Waals surface area contributed by atoms with Crippen LogP contribution in [0.4, 0.5) is 4.79 Å². The van der Waals surface area contributed by atoms with Crippen molar-refractivity contribution in [3.63, 3.8) is 0 Å². The first-order valence-electron chi connectivity index (χ1n) is 12.8. The number of hydrogen-bond donors (Lipinski definition) is 1. The van der Waals surface area contributed by atoms with Gasteiger partial charge in [-0.3, -0.25) is 9.69 Å². The number of carbonyl (C=O) groups is 2. The van der Waals surface area contributed by atoms with Crippen molar-refractivity contribution >= 4 is 22.7 Å². The van der Waals surface area contributed by atoms with Crippen molar-refractivity contribution in [2.75, 3.05) is 52.4 Å². The van der Waals surface area contributed by atoms with Crippen LogP contribution in [0.15, 0.2) is 72.8 Å². The van der Waals surface area contributed by atoms with Gasteiger partial charge in [0, 0.05) is 51.4 Å². The standard InChI is InChI=1S/C29H34N4O3/c34-28(26-12-11-24-9-4-5-10-25(24)19-26)32-14-6-13-31(15-16-32)21-27-22-33(17-18-36-27)29(35)30-20-23-7-2-1-3-8-23/h1-5,7-12,19,27H,6,13-18,20-22H2,(H,30,35)/t27-/m0/s1. The van der Waals surface area contributed by atoms with E-state index in [1.807, 2.05) is 76.5 Å². The van der Waals surface area contributed by atoms with Gasteiger partial charge in [-0.1, -0.05) is 60.7 Å². The van der Waals surface area contributed by atoms with Crippen LogP contribution in [0.2, 0.25) is 0 Å². The Labute approximate surface area is 212 Å². The van der Waals surface area contributed by atoms with Crippen LogP contribution in [-0.4, -0.2) is 85.2 Å². The lowest BCUT2D eigenvalue weighted by Gasteiger charge is -2.35. The number of rotatable bonds is 5. The van der Waals surface area contributed by atoms with Crippen molar-refractivity contribution in [2.24, 2.45) is 0 Å². The number of hydrogen-bond acceptors (Lipinski definition) is 4. The third-order valence-electron chi connectivity index (χ3n) is 7.05. The van der Waals surface area contributed by atoms with Crippen LogP contribution in [0.1, 0.15) is 22.3 Å². The molecule has 0 spiro atoms. The van der Waals surface area contributed by atoms with E-state index < -0.39 is 0 Å². The molecule has 3 aromatic rings. The van der Waals surface area contributed by atoms with E-state index in [9.17, 15) is 9.59 Å². The van der Waals surface area contributed by atoms with Crippen molar-refractivity contribution in [3.8, 4) is 0 Å². The van der Waals surface area contributed by atoms with E-state index in [4.69, 9.17) is 4.74 Å². The van der Waals surface area contributed by atoms with Crippen LogP contribution >= 0.6 is 0 Å². The van der Waals surface area contributed by atoms with Gasteiger partial charge in [0.25, 0.3) is 5.91 Å². The summed E-state index contributed by atoms with van der Waals surface area (Å²) in [7, 11) is 0. The molecule has 1 N–H and O–H groups in total. The first-order chi connectivity index (χ1) is 17.7. The minimum Gasteiger partial charge on any atom is -0.373 e. The zero-order valence-electron chi connectivity index (χ0n) is 20.6. The van der Waals surface area contributed by atoms with Gasteiger partial charge in [-0.05, 0) is 41.4 Å². The highest BCUT2D eigenvalue weighted by Gasteiger charge is 2.27. The number of morpholine rings is 1. The molecule has 3 aromatic carbocycles. The third-order valence-corrected chi connectivity index (χ3v) is 7.05. The molecule has 0 aliphatic carbocycles. The maximum Gasteiger partial charge on any atom is 0.317 e. The quantitative estimate of drug-likeness (QED) is 0.599. The van der Waals surface area contributed by atoms with Gasteiger partial charge in [-0.25, -0.2) is 4.79 Å². The predicted molar refractivity (Wildman–Crippen MR) is 141 cm³/mol. The van der Waals surface area contributed by atoms with Gasteiger partial charge in [0.2, 0.25) is 0 Å². The Kier molecular flexibility index (Phi) is 7.79. The Morgan fingerprint density at radius 3 is 2.50 bits per heavy atom. The molecule has 0 aromatic heterocycles. The Balaban J connectivity index is 1.11. The molecule has 3 amide bonds. The van der Waals surface area contributed by atoms with Crippen molar-refractivity contribution in [1.82, 2.24) is 20.0 Å². The molecule has 2 aliphatic rings. The van der Waals surface area contributed by atoms with Gasteiger partial charge in [-0.2, -0.15) is 0 Å². The fourth-order valence-electron chi connectivity index (χ4n) is 5.05. The summed E-state index contributed by atoms with van der Waals surface area (Å²) in [4.78, 5) is 32.1. The molecule has 1 atom stereocenters. The SMILES string of the molecule is O=C(NCc1ccccc1)N1CCO[C@@H](CN2CCCN(C(=O)c3ccc4ccccc4c3)CC2)C1. The van der Waals surface area contributed by atoms with Crippen LogP contribution in [0.25, 0.3) is 10.8 Å². The zero-order valence-corrected chi connectivity index (χ0v) is 20.6. The smallest absolute Gasteiger partial charge is 0.317 e. The topological polar surface area (TPSA) is 65.1 Å². The molecule has 2 saturated heterocycles. The summed E-state index contributed by atoms with van der Waals surface area (Å²) in [6.45, 7) is 6.18. The summed E-state index contributed by atoms with van der Waals surface area (Å²) in [5.74, 6) is 0.0952. The maximum absolute atomic E-state index is 13.2. The first kappa shape index (κ1) is 24.3. The van der Waals surface area contributed by atoms with Crippen LogP contribution in [0, 0.1) is 0 Å². The zero-order chi connectivity index (χ0) is 24.7. The molecule has 0 unspecified atom stereocenters. The van der Waals surface area contributed by atoms with E-state index in [2.05, 4.69) is 16.3 Å². The second-order valence-corrected chi connectivity index (χ2v) is 9.59. The number of nitrogens with zero attached hydrogens (tertiary/aromatic N) is 3. The van der Waals surface area contributed by atoms with Crippen molar-refractivity contribution in [2.45, 2.75) is 19.1 Å². The van der Waals surface area contributed by atoms with Crippen LogP contribution < -0.4 is 5.32 Å². The number of ether oxygens (including phenoxy) is 1. The van der Waals surface area contributed by atoms with Gasteiger partial charge >= 0.3 is 6.03 Å². The Hall–Kier alpha value is -3.42. The molecule has 0 saturated carbocycles. The number of urea groups is 1. The minimum absolute atomic E-state index is 0.0241. The van der Waals surface area contributed by atoms with Crippen LogP contribution in [0.3, 0.4) is 0 Å². The number of amides is 3. The van der Waals surface area contributed by atoms with Gasteiger partial charge < -0.3 is 19.9 Å². The lowest BCUT2D eigenvalue weighted by Crippen LogP contribution is -2.52. The van der Waals surface area contributed by atoms with E-state index in [1.165, 1.54) is 0 Å². The van der Waals surface area contributed by atoms with E-state index in [0.29, 0.717) is 32.8 Å². The third kappa shape index (κ3) is 6.04. The van der Waals surface area contributed by atoms with Gasteiger partial charge in [0.05, 0.1) is 12.7 Å². The number of nitrogens with one attached hydrogen (secondary N) is 1. The van der Waals surface area contributed by atoms with Crippen LogP contribution in [0.5, 0.6) is 0 Å². The number of benzene rings is 3. The van der Waals surface area contributed by atoms with Crippen molar-refractivity contribution in [1.29, 1.82) is 0 Å². The van der Waals surface area contributed by atoms with Crippen LogP contribution in [-0.2, 0) is 11.3 Å². The summed E-state index contributed by atoms with van der Waals surface area (Å²) in [5.41, 5.74) is 1.83. The lowest BCUT2D eigenvalue weighted by molar-refractivity contribution is -0.0299.